The zero-order chi connectivity index (χ0) is 28.6. The first-order chi connectivity index (χ1) is 20.0. The highest BCUT2D eigenvalue weighted by molar-refractivity contribution is 5.95. The number of rotatable bonds is 7. The minimum Gasteiger partial charge on any atom is -0.337 e. The monoisotopic (exact) mass is 552 g/mol. The van der Waals surface area contributed by atoms with Gasteiger partial charge >= 0.3 is 0 Å². The Bertz CT molecular complexity index is 1280. The van der Waals surface area contributed by atoms with Gasteiger partial charge < -0.3 is 9.80 Å². The molecular formula is C35H44N4O2. The average molecular weight is 553 g/mol. The number of aromatic nitrogens is 1. The van der Waals surface area contributed by atoms with Gasteiger partial charge in [-0.25, -0.2) is 0 Å². The van der Waals surface area contributed by atoms with Crippen molar-refractivity contribution in [2.75, 3.05) is 18.0 Å². The highest BCUT2D eigenvalue weighted by atomic mass is 16.2. The molecule has 1 saturated heterocycles. The van der Waals surface area contributed by atoms with E-state index in [4.69, 9.17) is 0 Å². The number of hydrogen-bond donors (Lipinski definition) is 0. The summed E-state index contributed by atoms with van der Waals surface area (Å²) in [5.41, 5.74) is 4.51. The molecule has 2 aliphatic heterocycles. The second-order valence-corrected chi connectivity index (χ2v) is 11.9. The van der Waals surface area contributed by atoms with Gasteiger partial charge in [-0.15, -0.1) is 0 Å². The van der Waals surface area contributed by atoms with Gasteiger partial charge in [0.1, 0.15) is 0 Å². The van der Waals surface area contributed by atoms with Gasteiger partial charge in [-0.3, -0.25) is 19.5 Å². The Balaban J connectivity index is 1.46. The molecule has 6 heteroatoms. The van der Waals surface area contributed by atoms with Crippen molar-refractivity contribution in [1.29, 1.82) is 0 Å². The van der Waals surface area contributed by atoms with Gasteiger partial charge in [-0.2, -0.15) is 0 Å². The minimum absolute atomic E-state index is 0.0985. The first-order valence-electron chi connectivity index (χ1n) is 15.3. The van der Waals surface area contributed by atoms with Crippen LogP contribution in [0.3, 0.4) is 0 Å². The molecule has 216 valence electrons. The number of anilines is 1. The molecule has 0 radical (unpaired) electrons. The molecule has 0 N–H and O–H groups in total. The van der Waals surface area contributed by atoms with Gasteiger partial charge in [0, 0.05) is 68.7 Å². The van der Waals surface area contributed by atoms with Crippen LogP contribution in [0.2, 0.25) is 0 Å². The second kappa shape index (κ2) is 13.9. The molecule has 3 aromatic rings. The van der Waals surface area contributed by atoms with Crippen LogP contribution in [0.4, 0.5) is 5.69 Å². The molecule has 41 heavy (non-hydrogen) atoms. The minimum atomic E-state index is -0.0985. The maximum atomic E-state index is 13.9. The summed E-state index contributed by atoms with van der Waals surface area (Å²) in [6.45, 7) is 6.75. The third-order valence-electron chi connectivity index (χ3n) is 8.70. The van der Waals surface area contributed by atoms with Crippen LogP contribution < -0.4 is 4.90 Å². The molecule has 6 nitrogen and oxygen atoms in total. The zero-order valence-corrected chi connectivity index (χ0v) is 24.6. The number of amides is 2. The van der Waals surface area contributed by atoms with Crippen LogP contribution in [0.5, 0.6) is 0 Å². The summed E-state index contributed by atoms with van der Waals surface area (Å²) in [7, 11) is 0. The summed E-state index contributed by atoms with van der Waals surface area (Å²) < 4.78 is 0. The van der Waals surface area contributed by atoms with Gasteiger partial charge in [-0.05, 0) is 67.0 Å². The van der Waals surface area contributed by atoms with Gasteiger partial charge in [0.2, 0.25) is 11.8 Å². The smallest absolute Gasteiger partial charge is 0.229 e. The lowest BCUT2D eigenvalue weighted by atomic mass is 9.92. The lowest BCUT2D eigenvalue weighted by Crippen LogP contribution is -2.52. The first-order valence-corrected chi connectivity index (χ1v) is 15.3. The van der Waals surface area contributed by atoms with E-state index in [2.05, 4.69) is 57.2 Å². The molecule has 2 atom stereocenters. The maximum absolute atomic E-state index is 13.9. The molecule has 2 aliphatic rings. The number of nitrogens with zero attached hydrogens (tertiary/aromatic N) is 4. The number of aryl methyl sites for hydroxylation is 1. The van der Waals surface area contributed by atoms with E-state index in [1.165, 1.54) is 11.1 Å². The highest BCUT2D eigenvalue weighted by Gasteiger charge is 2.35. The van der Waals surface area contributed by atoms with E-state index in [0.29, 0.717) is 32.1 Å². The molecule has 0 spiro atoms. The number of hydrogen-bond acceptors (Lipinski definition) is 4. The number of benzene rings is 2. The Morgan fingerprint density at radius 1 is 0.878 bits per heavy atom. The standard InChI is InChI=1S/C35H44N4O2/c1-27(2)35(41)38-23-20-31-14-9-15-32(39(31)24-29-10-4-3-5-11-29)26-37(25-30-13-6-7-16-33(30)38)34(40)17-8-12-28-18-21-36-22-19-28/h3-7,10-11,13,16,18-19,21-22,27,31-32H,8-9,12,14-15,17,20,23-26H2,1-2H3. The molecule has 1 aromatic heterocycles. The maximum Gasteiger partial charge on any atom is 0.229 e. The second-order valence-electron chi connectivity index (χ2n) is 11.9. The van der Waals surface area contributed by atoms with Crippen molar-refractivity contribution in [2.45, 2.75) is 84.0 Å². The predicted octanol–water partition coefficient (Wildman–Crippen LogP) is 6.25. The predicted molar refractivity (Wildman–Crippen MR) is 164 cm³/mol. The average Bonchev–Trinajstić information content (AvgIpc) is 3.00. The summed E-state index contributed by atoms with van der Waals surface area (Å²) >= 11 is 0. The Kier molecular flexibility index (Phi) is 9.84. The SMILES string of the molecule is CC(C)C(=O)N1CCC2CCCC(CN(C(=O)CCCc3ccncc3)Cc3ccccc31)N2Cc1ccccc1. The molecule has 2 bridgehead atoms. The van der Waals surface area contributed by atoms with Crippen molar-refractivity contribution in [3.63, 3.8) is 0 Å². The summed E-state index contributed by atoms with van der Waals surface area (Å²) in [4.78, 5) is 38.3. The van der Waals surface area contributed by atoms with Crippen LogP contribution in [0.1, 0.15) is 69.1 Å². The summed E-state index contributed by atoms with van der Waals surface area (Å²) in [5.74, 6) is 0.240. The van der Waals surface area contributed by atoms with Crippen LogP contribution in [0, 0.1) is 5.92 Å². The molecule has 3 heterocycles. The van der Waals surface area contributed by atoms with Crippen molar-refractivity contribution in [3.8, 4) is 0 Å². The van der Waals surface area contributed by atoms with Gasteiger partial charge in [0.25, 0.3) is 0 Å². The number of carbonyl (C=O) groups is 2. The van der Waals surface area contributed by atoms with E-state index in [1.807, 2.05) is 55.4 Å². The van der Waals surface area contributed by atoms with Crippen LogP contribution in [-0.2, 0) is 29.1 Å². The van der Waals surface area contributed by atoms with E-state index < -0.39 is 0 Å². The van der Waals surface area contributed by atoms with Gasteiger partial charge in [-0.1, -0.05) is 68.8 Å². The van der Waals surface area contributed by atoms with Crippen molar-refractivity contribution in [1.82, 2.24) is 14.8 Å². The highest BCUT2D eigenvalue weighted by Crippen LogP contribution is 2.32. The lowest BCUT2D eigenvalue weighted by molar-refractivity contribution is -0.133. The first kappa shape index (κ1) is 29.0. The van der Waals surface area contributed by atoms with Crippen molar-refractivity contribution in [3.05, 3.63) is 95.8 Å². The summed E-state index contributed by atoms with van der Waals surface area (Å²) in [6.07, 6.45) is 10.1. The van der Waals surface area contributed by atoms with Crippen LogP contribution in [0.25, 0.3) is 0 Å². The Morgan fingerprint density at radius 3 is 2.39 bits per heavy atom. The molecule has 2 aromatic carbocycles. The Labute approximate surface area is 245 Å². The molecule has 1 fully saturated rings. The number of carbonyl (C=O) groups excluding carboxylic acids is 2. The summed E-state index contributed by atoms with van der Waals surface area (Å²) in [5, 5.41) is 0. The van der Waals surface area contributed by atoms with Crippen LogP contribution >= 0.6 is 0 Å². The van der Waals surface area contributed by atoms with E-state index >= 15 is 0 Å². The molecule has 0 aliphatic carbocycles. The van der Waals surface area contributed by atoms with E-state index in [-0.39, 0.29) is 23.8 Å². The molecule has 2 unspecified atom stereocenters. The summed E-state index contributed by atoms with van der Waals surface area (Å²) in [6, 6.07) is 23.6. The zero-order valence-electron chi connectivity index (χ0n) is 24.6. The topological polar surface area (TPSA) is 56.8 Å². The number of para-hydroxylation sites is 1. The third-order valence-corrected chi connectivity index (χ3v) is 8.70. The fourth-order valence-electron chi connectivity index (χ4n) is 6.49. The van der Waals surface area contributed by atoms with Crippen molar-refractivity contribution < 1.29 is 9.59 Å². The van der Waals surface area contributed by atoms with Gasteiger partial charge in [0.05, 0.1) is 0 Å². The molecular weight excluding hydrogens is 508 g/mol. The molecule has 5 rings (SSSR count). The van der Waals surface area contributed by atoms with Crippen LogP contribution in [-0.4, -0.2) is 51.8 Å². The van der Waals surface area contributed by atoms with E-state index in [1.54, 1.807) is 0 Å². The van der Waals surface area contributed by atoms with Crippen LogP contribution in [0.15, 0.2) is 79.1 Å². The molecule has 0 saturated carbocycles. The fourth-order valence-corrected chi connectivity index (χ4v) is 6.49. The fraction of sp³-hybridized carbons (Fsp3) is 0.457. The number of piperidine rings is 1. The Morgan fingerprint density at radius 2 is 1.61 bits per heavy atom. The van der Waals surface area contributed by atoms with Crippen molar-refractivity contribution in [2.24, 2.45) is 5.92 Å². The Hall–Kier alpha value is -3.51. The molecule has 2 amide bonds. The largest absolute Gasteiger partial charge is 0.337 e. The number of fused-ring (bicyclic) bond motifs is 3. The van der Waals surface area contributed by atoms with Crippen molar-refractivity contribution >= 4 is 17.5 Å². The van der Waals surface area contributed by atoms with E-state index in [9.17, 15) is 9.59 Å². The quantitative estimate of drug-likeness (QED) is 0.348. The number of pyridine rings is 1. The lowest BCUT2D eigenvalue weighted by Gasteiger charge is -2.44. The third kappa shape index (κ3) is 7.42. The normalized spacial score (nSPS) is 19.9. The van der Waals surface area contributed by atoms with Gasteiger partial charge in [0.15, 0.2) is 0 Å². The van der Waals surface area contributed by atoms with E-state index in [0.717, 1.165) is 56.3 Å².